The van der Waals surface area contributed by atoms with E-state index in [-0.39, 0.29) is 36.3 Å². The summed E-state index contributed by atoms with van der Waals surface area (Å²) in [7, 11) is 0. The van der Waals surface area contributed by atoms with Gasteiger partial charge in [0.25, 0.3) is 5.69 Å². The first-order valence-corrected chi connectivity index (χ1v) is 9.58. The zero-order valence-corrected chi connectivity index (χ0v) is 15.6. The Balaban J connectivity index is 1.48. The Morgan fingerprint density at radius 3 is 2.46 bits per heavy atom. The molecule has 1 N–H and O–H groups in total. The fourth-order valence-electron chi connectivity index (χ4n) is 2.77. The van der Waals surface area contributed by atoms with Gasteiger partial charge >= 0.3 is 0 Å². The van der Waals surface area contributed by atoms with Crippen LogP contribution in [0.3, 0.4) is 0 Å². The molecule has 3 amide bonds. The Hall–Kier alpha value is -3.20. The Morgan fingerprint density at radius 2 is 1.82 bits per heavy atom. The van der Waals surface area contributed by atoms with Gasteiger partial charge in [0, 0.05) is 36.4 Å². The van der Waals surface area contributed by atoms with Crippen molar-refractivity contribution in [2.24, 2.45) is 0 Å². The SMILES string of the molecule is O=C(CCSC1CC(=O)N(c2ccccc2)C1=O)Nc1ccc([N+](=O)[O-])cc1. The highest BCUT2D eigenvalue weighted by atomic mass is 32.2. The molecule has 0 bridgehead atoms. The molecular formula is C19H17N3O5S. The van der Waals surface area contributed by atoms with Crippen LogP contribution in [0.2, 0.25) is 0 Å². The quantitative estimate of drug-likeness (QED) is 0.435. The number of anilines is 2. The number of rotatable bonds is 7. The summed E-state index contributed by atoms with van der Waals surface area (Å²) in [6.07, 6.45) is 0.271. The molecule has 0 spiro atoms. The van der Waals surface area contributed by atoms with Gasteiger partial charge in [-0.2, -0.15) is 0 Å². The number of carbonyl (C=O) groups excluding carboxylic acids is 3. The lowest BCUT2D eigenvalue weighted by molar-refractivity contribution is -0.384. The summed E-state index contributed by atoms with van der Waals surface area (Å²) in [6.45, 7) is 0. The molecule has 2 aromatic rings. The topological polar surface area (TPSA) is 110 Å². The van der Waals surface area contributed by atoms with E-state index in [4.69, 9.17) is 0 Å². The summed E-state index contributed by atoms with van der Waals surface area (Å²) in [5.74, 6) is -0.399. The minimum absolute atomic E-state index is 0.0547. The number of carbonyl (C=O) groups is 3. The van der Waals surface area contributed by atoms with Crippen molar-refractivity contribution in [3.05, 3.63) is 64.7 Å². The highest BCUT2D eigenvalue weighted by Gasteiger charge is 2.39. The van der Waals surface area contributed by atoms with Gasteiger partial charge in [-0.05, 0) is 24.3 Å². The minimum atomic E-state index is -0.513. The number of hydrogen-bond acceptors (Lipinski definition) is 6. The van der Waals surface area contributed by atoms with E-state index in [0.717, 1.165) is 0 Å². The lowest BCUT2D eigenvalue weighted by atomic mass is 10.3. The fourth-order valence-corrected chi connectivity index (χ4v) is 3.86. The molecule has 0 aromatic heterocycles. The van der Waals surface area contributed by atoms with Crippen molar-refractivity contribution in [3.8, 4) is 0 Å². The molecule has 0 saturated carbocycles. The van der Waals surface area contributed by atoms with Crippen LogP contribution in [0.5, 0.6) is 0 Å². The Kier molecular flexibility index (Phi) is 6.05. The molecule has 3 rings (SSSR count). The van der Waals surface area contributed by atoms with Crippen LogP contribution >= 0.6 is 11.8 Å². The maximum absolute atomic E-state index is 12.5. The van der Waals surface area contributed by atoms with E-state index in [1.54, 1.807) is 24.3 Å². The normalized spacial score (nSPS) is 16.3. The molecule has 1 heterocycles. The molecule has 9 heteroatoms. The number of para-hydroxylation sites is 1. The average molecular weight is 399 g/mol. The Morgan fingerprint density at radius 1 is 1.14 bits per heavy atom. The number of non-ortho nitro benzene ring substituents is 1. The van der Waals surface area contributed by atoms with Crippen LogP contribution in [0.15, 0.2) is 54.6 Å². The van der Waals surface area contributed by atoms with Crippen LogP contribution < -0.4 is 10.2 Å². The third-order valence-electron chi connectivity index (χ3n) is 4.13. The van der Waals surface area contributed by atoms with Crippen LogP contribution in [0.25, 0.3) is 0 Å². The van der Waals surface area contributed by atoms with E-state index in [0.29, 0.717) is 17.1 Å². The number of benzene rings is 2. The number of thioether (sulfide) groups is 1. The largest absolute Gasteiger partial charge is 0.326 e. The number of nitro benzene ring substituents is 1. The molecule has 0 radical (unpaired) electrons. The zero-order chi connectivity index (χ0) is 20.1. The maximum Gasteiger partial charge on any atom is 0.269 e. The monoisotopic (exact) mass is 399 g/mol. The van der Waals surface area contributed by atoms with Gasteiger partial charge in [-0.1, -0.05) is 18.2 Å². The second-order valence-corrected chi connectivity index (χ2v) is 7.38. The van der Waals surface area contributed by atoms with Crippen LogP contribution in [0.4, 0.5) is 17.1 Å². The predicted octanol–water partition coefficient (Wildman–Crippen LogP) is 2.99. The van der Waals surface area contributed by atoms with E-state index in [9.17, 15) is 24.5 Å². The lowest BCUT2D eigenvalue weighted by Crippen LogP contribution is -2.31. The van der Waals surface area contributed by atoms with E-state index in [2.05, 4.69) is 5.32 Å². The maximum atomic E-state index is 12.5. The van der Waals surface area contributed by atoms with Crippen LogP contribution in [-0.2, 0) is 14.4 Å². The number of imide groups is 1. The van der Waals surface area contributed by atoms with Crippen molar-refractivity contribution in [3.63, 3.8) is 0 Å². The molecule has 28 heavy (non-hydrogen) atoms. The standard InChI is InChI=1S/C19H17N3O5S/c23-17(20-13-6-8-15(9-7-13)22(26)27)10-11-28-16-12-18(24)21(19(16)25)14-4-2-1-3-5-14/h1-9,16H,10-12H2,(H,20,23). The first-order valence-electron chi connectivity index (χ1n) is 8.53. The number of nitrogens with zero attached hydrogens (tertiary/aromatic N) is 2. The molecule has 1 unspecified atom stereocenters. The van der Waals surface area contributed by atoms with Crippen molar-refractivity contribution in [1.82, 2.24) is 0 Å². The highest BCUT2D eigenvalue weighted by Crippen LogP contribution is 2.29. The first-order chi connectivity index (χ1) is 13.5. The van der Waals surface area contributed by atoms with Crippen molar-refractivity contribution in [2.75, 3.05) is 16.0 Å². The molecule has 1 fully saturated rings. The van der Waals surface area contributed by atoms with Gasteiger partial charge in [0.15, 0.2) is 0 Å². The average Bonchev–Trinajstić information content (AvgIpc) is 2.96. The van der Waals surface area contributed by atoms with Crippen molar-refractivity contribution >= 4 is 46.5 Å². The summed E-state index contributed by atoms with van der Waals surface area (Å²) < 4.78 is 0. The van der Waals surface area contributed by atoms with Crippen molar-refractivity contribution in [2.45, 2.75) is 18.1 Å². The molecule has 144 valence electrons. The van der Waals surface area contributed by atoms with E-state index in [1.165, 1.54) is 40.9 Å². The molecule has 1 saturated heterocycles. The van der Waals surface area contributed by atoms with Gasteiger partial charge in [-0.3, -0.25) is 24.5 Å². The van der Waals surface area contributed by atoms with Gasteiger partial charge in [-0.15, -0.1) is 11.8 Å². The first kappa shape index (κ1) is 19.6. The third-order valence-corrected chi connectivity index (χ3v) is 5.34. The van der Waals surface area contributed by atoms with Gasteiger partial charge in [0.1, 0.15) is 0 Å². The van der Waals surface area contributed by atoms with Crippen LogP contribution in [-0.4, -0.2) is 33.6 Å². The van der Waals surface area contributed by atoms with E-state index >= 15 is 0 Å². The number of amides is 3. The number of nitro groups is 1. The van der Waals surface area contributed by atoms with Crippen molar-refractivity contribution < 1.29 is 19.3 Å². The molecule has 1 aliphatic rings. The second-order valence-electron chi connectivity index (χ2n) is 6.07. The fraction of sp³-hybridized carbons (Fsp3) is 0.211. The summed E-state index contributed by atoms with van der Waals surface area (Å²) >= 11 is 1.28. The Bertz CT molecular complexity index is 902. The molecule has 1 atom stereocenters. The smallest absolute Gasteiger partial charge is 0.269 e. The van der Waals surface area contributed by atoms with Gasteiger partial charge in [0.2, 0.25) is 17.7 Å². The van der Waals surface area contributed by atoms with Crippen LogP contribution in [0, 0.1) is 10.1 Å². The Labute approximate surface area is 165 Å². The predicted molar refractivity (Wildman–Crippen MR) is 106 cm³/mol. The lowest BCUT2D eigenvalue weighted by Gasteiger charge is -2.14. The molecule has 8 nitrogen and oxygen atoms in total. The molecule has 0 aliphatic carbocycles. The second kappa shape index (κ2) is 8.66. The summed E-state index contributed by atoms with van der Waals surface area (Å²) in [5, 5.41) is 12.8. The van der Waals surface area contributed by atoms with Crippen molar-refractivity contribution in [1.29, 1.82) is 0 Å². The van der Waals surface area contributed by atoms with Crippen LogP contribution in [0.1, 0.15) is 12.8 Å². The molecular weight excluding hydrogens is 382 g/mol. The summed E-state index contributed by atoms with van der Waals surface area (Å²) in [5.41, 5.74) is 0.959. The van der Waals surface area contributed by atoms with Gasteiger partial charge in [-0.25, -0.2) is 4.90 Å². The van der Waals surface area contributed by atoms with E-state index < -0.39 is 10.2 Å². The summed E-state index contributed by atoms with van der Waals surface area (Å²) in [4.78, 5) is 48.0. The number of hydrogen-bond donors (Lipinski definition) is 1. The van der Waals surface area contributed by atoms with E-state index in [1.807, 2.05) is 6.07 Å². The van der Waals surface area contributed by atoms with Gasteiger partial charge < -0.3 is 5.32 Å². The highest BCUT2D eigenvalue weighted by molar-refractivity contribution is 8.00. The summed E-state index contributed by atoms with van der Waals surface area (Å²) in [6, 6.07) is 14.3. The van der Waals surface area contributed by atoms with Gasteiger partial charge in [0.05, 0.1) is 15.9 Å². The molecule has 2 aromatic carbocycles. The number of nitrogens with one attached hydrogen (secondary N) is 1. The molecule has 1 aliphatic heterocycles. The minimum Gasteiger partial charge on any atom is -0.326 e. The third kappa shape index (κ3) is 4.55. The zero-order valence-electron chi connectivity index (χ0n) is 14.7.